The summed E-state index contributed by atoms with van der Waals surface area (Å²) in [4.78, 5) is 24.5. The molecule has 130 valence electrons. The summed E-state index contributed by atoms with van der Waals surface area (Å²) in [5, 5.41) is 13.2. The van der Waals surface area contributed by atoms with Crippen molar-refractivity contribution in [3.8, 4) is 0 Å². The van der Waals surface area contributed by atoms with Gasteiger partial charge in [0.1, 0.15) is 5.69 Å². The average molecular weight is 348 g/mol. The first-order chi connectivity index (χ1) is 12.6. The molecule has 4 rings (SSSR count). The second-order valence-electron chi connectivity index (χ2n) is 6.00. The minimum absolute atomic E-state index is 0.112. The van der Waals surface area contributed by atoms with Crippen molar-refractivity contribution in [1.29, 1.82) is 0 Å². The molecular weight excluding hydrogens is 332 g/mol. The van der Waals surface area contributed by atoms with Gasteiger partial charge in [-0.1, -0.05) is 35.5 Å². The molecule has 2 aromatic carbocycles. The highest BCUT2D eigenvalue weighted by atomic mass is 16.5. The van der Waals surface area contributed by atoms with E-state index in [1.165, 1.54) is 4.68 Å². The Bertz CT molecular complexity index is 1180. The number of rotatable bonds is 4. The molecular formula is C19H16N4O3. The number of para-hydroxylation sites is 1. The average Bonchev–Trinajstić information content (AvgIpc) is 3.06. The third-order valence-electron chi connectivity index (χ3n) is 4.27. The molecule has 0 unspecified atom stereocenters. The lowest BCUT2D eigenvalue weighted by molar-refractivity contribution is -0.120. The number of nitrogens with zero attached hydrogens (tertiary/aromatic N) is 3. The molecule has 1 N–H and O–H groups in total. The third-order valence-corrected chi connectivity index (χ3v) is 4.27. The monoisotopic (exact) mass is 348 g/mol. The molecule has 0 fully saturated rings. The lowest BCUT2D eigenvalue weighted by Crippen LogP contribution is -2.28. The normalized spacial score (nSPS) is 11.1. The first kappa shape index (κ1) is 16.0. The van der Waals surface area contributed by atoms with Gasteiger partial charge in [0.2, 0.25) is 5.91 Å². The second kappa shape index (κ2) is 6.44. The molecule has 0 aliphatic rings. The van der Waals surface area contributed by atoms with E-state index in [2.05, 4.69) is 15.6 Å². The van der Waals surface area contributed by atoms with Crippen molar-refractivity contribution in [2.45, 2.75) is 13.0 Å². The minimum Gasteiger partial charge on any atom is -0.356 e. The summed E-state index contributed by atoms with van der Waals surface area (Å²) in [6.45, 7) is 0.225. The zero-order valence-corrected chi connectivity index (χ0v) is 14.1. The van der Waals surface area contributed by atoms with Crippen LogP contribution in [0.5, 0.6) is 0 Å². The van der Waals surface area contributed by atoms with E-state index in [0.717, 1.165) is 10.8 Å². The topological polar surface area (TPSA) is 90.0 Å². The van der Waals surface area contributed by atoms with Crippen molar-refractivity contribution in [3.63, 3.8) is 0 Å². The van der Waals surface area contributed by atoms with Crippen LogP contribution in [0, 0.1) is 0 Å². The zero-order chi connectivity index (χ0) is 18.1. The van der Waals surface area contributed by atoms with Crippen LogP contribution in [0.25, 0.3) is 21.7 Å². The Morgan fingerprint density at radius 1 is 1.04 bits per heavy atom. The molecule has 7 nitrogen and oxygen atoms in total. The molecule has 0 spiro atoms. The van der Waals surface area contributed by atoms with E-state index in [1.807, 2.05) is 42.5 Å². The molecule has 0 radical (unpaired) electrons. The van der Waals surface area contributed by atoms with Crippen LogP contribution in [0.1, 0.15) is 11.4 Å². The summed E-state index contributed by atoms with van der Waals surface area (Å²) in [6, 6.07) is 14.6. The highest BCUT2D eigenvalue weighted by Gasteiger charge is 2.13. The SMILES string of the molecule is Cn1nc(CNC(=O)Cc2noc3ccccc23)c2ccccc2c1=O. The molecule has 2 heterocycles. The van der Waals surface area contributed by atoms with Gasteiger partial charge in [-0.3, -0.25) is 9.59 Å². The van der Waals surface area contributed by atoms with E-state index in [-0.39, 0.29) is 24.4 Å². The van der Waals surface area contributed by atoms with Crippen molar-refractivity contribution in [2.75, 3.05) is 0 Å². The fourth-order valence-electron chi connectivity index (χ4n) is 2.97. The van der Waals surface area contributed by atoms with E-state index < -0.39 is 0 Å². The van der Waals surface area contributed by atoms with Gasteiger partial charge in [0.15, 0.2) is 5.58 Å². The summed E-state index contributed by atoms with van der Waals surface area (Å²) in [5.41, 5.74) is 1.73. The largest absolute Gasteiger partial charge is 0.356 e. The van der Waals surface area contributed by atoms with Crippen LogP contribution in [0.4, 0.5) is 0 Å². The highest BCUT2D eigenvalue weighted by Crippen LogP contribution is 2.18. The Kier molecular flexibility index (Phi) is 3.96. The van der Waals surface area contributed by atoms with Gasteiger partial charge in [0, 0.05) is 17.8 Å². The van der Waals surface area contributed by atoms with Gasteiger partial charge in [-0.05, 0) is 18.2 Å². The summed E-state index contributed by atoms with van der Waals surface area (Å²) in [7, 11) is 1.60. The zero-order valence-electron chi connectivity index (χ0n) is 14.1. The van der Waals surface area contributed by atoms with Crippen molar-refractivity contribution in [1.82, 2.24) is 20.3 Å². The van der Waals surface area contributed by atoms with E-state index >= 15 is 0 Å². The summed E-state index contributed by atoms with van der Waals surface area (Å²) in [6.07, 6.45) is 0.112. The number of fused-ring (bicyclic) bond motifs is 2. The number of carbonyl (C=O) groups is 1. The molecule has 2 aromatic heterocycles. The number of benzene rings is 2. The van der Waals surface area contributed by atoms with E-state index in [4.69, 9.17) is 4.52 Å². The van der Waals surface area contributed by atoms with Gasteiger partial charge in [-0.2, -0.15) is 5.10 Å². The van der Waals surface area contributed by atoms with Gasteiger partial charge in [0.25, 0.3) is 5.56 Å². The molecule has 0 atom stereocenters. The van der Waals surface area contributed by atoms with Crippen molar-refractivity contribution in [3.05, 3.63) is 70.3 Å². The second-order valence-corrected chi connectivity index (χ2v) is 6.00. The summed E-state index contributed by atoms with van der Waals surface area (Å²) >= 11 is 0. The van der Waals surface area contributed by atoms with Crippen LogP contribution in [0.2, 0.25) is 0 Å². The maximum absolute atomic E-state index is 12.3. The Balaban J connectivity index is 1.54. The van der Waals surface area contributed by atoms with Crippen LogP contribution in [-0.2, 0) is 24.8 Å². The molecule has 0 bridgehead atoms. The fourth-order valence-corrected chi connectivity index (χ4v) is 2.97. The number of aromatic nitrogens is 3. The minimum atomic E-state index is -0.191. The number of hydrogen-bond donors (Lipinski definition) is 1. The molecule has 0 saturated carbocycles. The quantitative estimate of drug-likeness (QED) is 0.609. The Morgan fingerprint density at radius 3 is 2.54 bits per heavy atom. The molecule has 4 aromatic rings. The van der Waals surface area contributed by atoms with Gasteiger partial charge >= 0.3 is 0 Å². The smallest absolute Gasteiger partial charge is 0.274 e. The molecule has 0 aliphatic carbocycles. The third kappa shape index (κ3) is 2.83. The van der Waals surface area contributed by atoms with Gasteiger partial charge in [0.05, 0.1) is 24.0 Å². The number of hydrogen-bond acceptors (Lipinski definition) is 5. The predicted octanol–water partition coefficient (Wildman–Crippen LogP) is 1.93. The number of carbonyl (C=O) groups excluding carboxylic acids is 1. The maximum atomic E-state index is 12.3. The van der Waals surface area contributed by atoms with E-state index in [1.54, 1.807) is 13.1 Å². The number of amides is 1. The van der Waals surface area contributed by atoms with Gasteiger partial charge in [-0.25, -0.2) is 4.68 Å². The molecule has 7 heteroatoms. The first-order valence-electron chi connectivity index (χ1n) is 8.18. The number of aryl methyl sites for hydroxylation is 1. The van der Waals surface area contributed by atoms with Crippen LogP contribution >= 0.6 is 0 Å². The lowest BCUT2D eigenvalue weighted by atomic mass is 10.1. The molecule has 26 heavy (non-hydrogen) atoms. The predicted molar refractivity (Wildman–Crippen MR) is 96.5 cm³/mol. The maximum Gasteiger partial charge on any atom is 0.274 e. The Morgan fingerprint density at radius 2 is 1.73 bits per heavy atom. The fraction of sp³-hybridized carbons (Fsp3) is 0.158. The van der Waals surface area contributed by atoms with Gasteiger partial charge < -0.3 is 9.84 Å². The van der Waals surface area contributed by atoms with Crippen molar-refractivity contribution in [2.24, 2.45) is 7.05 Å². The highest BCUT2D eigenvalue weighted by molar-refractivity contribution is 5.87. The van der Waals surface area contributed by atoms with E-state index in [0.29, 0.717) is 22.4 Å². The molecule has 1 amide bonds. The van der Waals surface area contributed by atoms with Crippen LogP contribution in [-0.4, -0.2) is 20.8 Å². The Hall–Kier alpha value is -3.48. The standard InChI is InChI=1S/C19H16N4O3/c1-23-19(25)13-7-3-2-6-12(13)16(21-23)11-20-18(24)10-15-14-8-4-5-9-17(14)26-22-15/h2-9H,10-11H2,1H3,(H,20,24). The van der Waals surface area contributed by atoms with Crippen molar-refractivity contribution >= 4 is 27.6 Å². The summed E-state index contributed by atoms with van der Waals surface area (Å²) < 4.78 is 6.51. The van der Waals surface area contributed by atoms with E-state index in [9.17, 15) is 9.59 Å². The van der Waals surface area contributed by atoms with Crippen LogP contribution in [0.15, 0.2) is 57.8 Å². The number of nitrogens with one attached hydrogen (secondary N) is 1. The van der Waals surface area contributed by atoms with Crippen LogP contribution < -0.4 is 10.9 Å². The van der Waals surface area contributed by atoms with Gasteiger partial charge in [-0.15, -0.1) is 0 Å². The van der Waals surface area contributed by atoms with Crippen molar-refractivity contribution < 1.29 is 9.32 Å². The first-order valence-corrected chi connectivity index (χ1v) is 8.18. The lowest BCUT2D eigenvalue weighted by Gasteiger charge is -2.09. The Labute approximate surface area is 148 Å². The molecule has 0 saturated heterocycles. The summed E-state index contributed by atoms with van der Waals surface area (Å²) in [5.74, 6) is -0.191. The molecule has 0 aliphatic heterocycles. The van der Waals surface area contributed by atoms with Crippen LogP contribution in [0.3, 0.4) is 0 Å².